The molecular formula is C20H28F2N4O4S. The summed E-state index contributed by atoms with van der Waals surface area (Å²) in [5, 5.41) is 14.0. The van der Waals surface area contributed by atoms with Crippen molar-refractivity contribution < 1.29 is 28.2 Å². The number of alkyl halides is 2. The summed E-state index contributed by atoms with van der Waals surface area (Å²) in [5.74, 6) is -3.87. The molecule has 0 aromatic carbocycles. The number of halogens is 2. The summed E-state index contributed by atoms with van der Waals surface area (Å²) in [5.41, 5.74) is 0.737. The fourth-order valence-corrected chi connectivity index (χ4v) is 4.16. The Balaban J connectivity index is 2.18. The summed E-state index contributed by atoms with van der Waals surface area (Å²) in [6.07, 6.45) is 1.15. The van der Waals surface area contributed by atoms with Gasteiger partial charge in [0, 0.05) is 38.2 Å². The van der Waals surface area contributed by atoms with E-state index >= 15 is 0 Å². The van der Waals surface area contributed by atoms with Crippen molar-refractivity contribution in [2.45, 2.75) is 44.1 Å². The van der Waals surface area contributed by atoms with Crippen LogP contribution in [0.25, 0.3) is 0 Å². The van der Waals surface area contributed by atoms with Gasteiger partial charge in [-0.2, -0.15) is 0 Å². The molecule has 0 spiro atoms. The number of carboxylic acids is 1. The second-order valence-electron chi connectivity index (χ2n) is 7.31. The average Bonchev–Trinajstić information content (AvgIpc) is 3.01. The van der Waals surface area contributed by atoms with Gasteiger partial charge in [-0.1, -0.05) is 24.8 Å². The van der Waals surface area contributed by atoms with Crippen molar-refractivity contribution in [1.82, 2.24) is 10.2 Å². The minimum atomic E-state index is -2.84. The van der Waals surface area contributed by atoms with Crippen LogP contribution in [-0.2, 0) is 14.3 Å². The van der Waals surface area contributed by atoms with Crippen molar-refractivity contribution in [3.05, 3.63) is 23.3 Å². The van der Waals surface area contributed by atoms with Crippen molar-refractivity contribution in [2.24, 2.45) is 9.98 Å². The number of esters is 1. The minimum Gasteiger partial charge on any atom is -0.481 e. The second-order valence-corrected chi connectivity index (χ2v) is 8.27. The van der Waals surface area contributed by atoms with E-state index in [2.05, 4.69) is 21.9 Å². The maximum Gasteiger partial charge on any atom is 0.337 e. The zero-order chi connectivity index (χ0) is 23.0. The van der Waals surface area contributed by atoms with Gasteiger partial charge in [-0.3, -0.25) is 19.7 Å². The molecule has 0 radical (unpaired) electrons. The number of thioether (sulfide) groups is 1. The molecule has 1 unspecified atom stereocenters. The van der Waals surface area contributed by atoms with E-state index in [0.29, 0.717) is 35.8 Å². The van der Waals surface area contributed by atoms with Crippen molar-refractivity contribution in [3.63, 3.8) is 0 Å². The van der Waals surface area contributed by atoms with Crippen molar-refractivity contribution in [2.75, 3.05) is 33.8 Å². The summed E-state index contributed by atoms with van der Waals surface area (Å²) in [7, 11) is 2.86. The van der Waals surface area contributed by atoms with Crippen molar-refractivity contribution >= 4 is 34.6 Å². The first kappa shape index (κ1) is 25.0. The normalized spacial score (nSPS) is 21.5. The van der Waals surface area contributed by atoms with Gasteiger partial charge < -0.3 is 15.2 Å². The van der Waals surface area contributed by atoms with Crippen LogP contribution in [-0.4, -0.2) is 78.6 Å². The summed E-state index contributed by atoms with van der Waals surface area (Å²) in [4.78, 5) is 33.1. The minimum absolute atomic E-state index is 0.0161. The molecule has 0 aromatic rings. The van der Waals surface area contributed by atoms with E-state index in [9.17, 15) is 18.4 Å². The second kappa shape index (κ2) is 11.4. The predicted octanol–water partition coefficient (Wildman–Crippen LogP) is 2.67. The fourth-order valence-electron chi connectivity index (χ4n) is 3.67. The first-order chi connectivity index (χ1) is 14.7. The molecule has 2 N–H and O–H groups in total. The highest BCUT2D eigenvalue weighted by molar-refractivity contribution is 8.18. The summed E-state index contributed by atoms with van der Waals surface area (Å²) in [6.45, 7) is 3.37. The van der Waals surface area contributed by atoms with Crippen LogP contribution >= 0.6 is 11.8 Å². The van der Waals surface area contributed by atoms with Crippen LogP contribution in [0.1, 0.15) is 32.1 Å². The van der Waals surface area contributed by atoms with Gasteiger partial charge in [0.1, 0.15) is 5.04 Å². The van der Waals surface area contributed by atoms with Crippen LogP contribution in [0.3, 0.4) is 0 Å². The number of likely N-dealkylation sites (tertiary alicyclic amines) is 1. The van der Waals surface area contributed by atoms with E-state index in [1.165, 1.54) is 18.9 Å². The molecule has 0 aliphatic carbocycles. The predicted molar refractivity (Wildman–Crippen MR) is 117 cm³/mol. The number of amidine groups is 1. The standard InChI is InChI=1S/C20H28F2N4O4S/c1-4-31-18(23-2)17-24-10-14(19(29)30-3)15(25-17)11-26-12-20(21,22)9-13(26)7-5-6-8-16(27)28/h4,13H,1,5-12H2,2-3H3,(H,24,25)(H,27,28). The van der Waals surface area contributed by atoms with E-state index in [1.54, 1.807) is 17.4 Å². The van der Waals surface area contributed by atoms with Gasteiger partial charge >= 0.3 is 11.9 Å². The largest absolute Gasteiger partial charge is 0.481 e. The van der Waals surface area contributed by atoms with Crippen LogP contribution in [0.2, 0.25) is 0 Å². The molecule has 1 saturated heterocycles. The Hall–Kier alpha value is -2.27. The Labute approximate surface area is 184 Å². The number of carbonyl (C=O) groups is 2. The van der Waals surface area contributed by atoms with Crippen molar-refractivity contribution in [3.8, 4) is 0 Å². The number of methoxy groups -OCH3 is 1. The van der Waals surface area contributed by atoms with Gasteiger partial charge in [-0.25, -0.2) is 13.6 Å². The number of carboxylic acid groups (broad SMARTS) is 1. The average molecular weight is 459 g/mol. The number of carbonyl (C=O) groups excluding carboxylic acids is 1. The first-order valence-electron chi connectivity index (χ1n) is 9.91. The molecule has 0 saturated carbocycles. The van der Waals surface area contributed by atoms with E-state index in [0.717, 1.165) is 0 Å². The third kappa shape index (κ3) is 7.13. The highest BCUT2D eigenvalue weighted by atomic mass is 32.2. The van der Waals surface area contributed by atoms with Gasteiger partial charge in [-0.15, -0.1) is 0 Å². The Morgan fingerprint density at radius 2 is 2.23 bits per heavy atom. The zero-order valence-corrected chi connectivity index (χ0v) is 18.5. The topological polar surface area (TPSA) is 104 Å². The molecule has 1 atom stereocenters. The van der Waals surface area contributed by atoms with Crippen LogP contribution in [0.15, 0.2) is 33.2 Å². The van der Waals surface area contributed by atoms with E-state index < -0.39 is 30.4 Å². The van der Waals surface area contributed by atoms with Crippen LogP contribution in [0, 0.1) is 0 Å². The zero-order valence-electron chi connectivity index (χ0n) is 17.7. The number of rotatable bonds is 10. The fraction of sp³-hybridized carbons (Fsp3) is 0.600. The molecule has 8 nitrogen and oxygen atoms in total. The molecule has 0 aromatic heterocycles. The van der Waals surface area contributed by atoms with E-state index in [-0.39, 0.29) is 31.5 Å². The third-order valence-corrected chi connectivity index (χ3v) is 5.85. The molecule has 0 bridgehead atoms. The van der Waals surface area contributed by atoms with Gasteiger partial charge in [0.15, 0.2) is 5.84 Å². The van der Waals surface area contributed by atoms with E-state index in [1.807, 2.05) is 0 Å². The molecule has 2 rings (SSSR count). The number of nitrogens with one attached hydrogen (secondary N) is 1. The maximum absolute atomic E-state index is 14.2. The summed E-state index contributed by atoms with van der Waals surface area (Å²) >= 11 is 1.26. The SMILES string of the molecule is C=CSC(=NC)C1=NCC(C(=O)OC)=C(CN2CC(F)(F)CC2CCCCC(=O)O)N1. The Morgan fingerprint density at radius 1 is 1.48 bits per heavy atom. The molecule has 1 fully saturated rings. The molecule has 2 aliphatic rings. The Bertz CT molecular complexity index is 798. The lowest BCUT2D eigenvalue weighted by atomic mass is 10.0. The number of hydrogen-bond acceptors (Lipinski definition) is 8. The highest BCUT2D eigenvalue weighted by Gasteiger charge is 2.45. The van der Waals surface area contributed by atoms with Crippen LogP contribution < -0.4 is 5.32 Å². The number of ether oxygens (including phenoxy) is 1. The van der Waals surface area contributed by atoms with Gasteiger partial charge in [0.2, 0.25) is 0 Å². The smallest absolute Gasteiger partial charge is 0.337 e. The molecule has 31 heavy (non-hydrogen) atoms. The van der Waals surface area contributed by atoms with Gasteiger partial charge in [0.05, 0.1) is 25.8 Å². The lowest BCUT2D eigenvalue weighted by Crippen LogP contribution is -2.42. The first-order valence-corrected chi connectivity index (χ1v) is 10.8. The number of aliphatic imine (C=N–C) groups is 2. The quantitative estimate of drug-likeness (QED) is 0.225. The molecule has 2 heterocycles. The van der Waals surface area contributed by atoms with Crippen LogP contribution in [0.5, 0.6) is 0 Å². The summed E-state index contributed by atoms with van der Waals surface area (Å²) in [6, 6.07) is -0.416. The van der Waals surface area contributed by atoms with Crippen LogP contribution in [0.4, 0.5) is 8.78 Å². The third-order valence-electron chi connectivity index (χ3n) is 5.09. The summed E-state index contributed by atoms with van der Waals surface area (Å²) < 4.78 is 33.2. The number of nitrogens with zero attached hydrogens (tertiary/aromatic N) is 3. The molecule has 172 valence electrons. The molecule has 0 amide bonds. The molecule has 2 aliphatic heterocycles. The van der Waals surface area contributed by atoms with Crippen molar-refractivity contribution in [1.29, 1.82) is 0 Å². The van der Waals surface area contributed by atoms with Gasteiger partial charge in [0.25, 0.3) is 5.92 Å². The molecule has 11 heteroatoms. The highest BCUT2D eigenvalue weighted by Crippen LogP contribution is 2.35. The lowest BCUT2D eigenvalue weighted by Gasteiger charge is -2.28. The number of hydrogen-bond donors (Lipinski definition) is 2. The number of aliphatic carboxylic acids is 1. The van der Waals surface area contributed by atoms with Gasteiger partial charge in [-0.05, 0) is 18.2 Å². The Kier molecular flexibility index (Phi) is 9.17. The molecular weight excluding hydrogens is 430 g/mol. The monoisotopic (exact) mass is 458 g/mol. The maximum atomic E-state index is 14.2. The van der Waals surface area contributed by atoms with E-state index in [4.69, 9.17) is 9.84 Å². The number of unbranched alkanes of at least 4 members (excludes halogenated alkanes) is 1. The lowest BCUT2D eigenvalue weighted by molar-refractivity contribution is -0.137. The Morgan fingerprint density at radius 3 is 2.84 bits per heavy atom.